The quantitative estimate of drug-likeness (QED) is 0.659. The molecule has 0 aromatic carbocycles. The van der Waals surface area contributed by atoms with Crippen molar-refractivity contribution in [2.75, 3.05) is 0 Å². The third-order valence-corrected chi connectivity index (χ3v) is 3.48. The fourth-order valence-electron chi connectivity index (χ4n) is 1.40. The third-order valence-electron chi connectivity index (χ3n) is 3.48. The lowest BCUT2D eigenvalue weighted by molar-refractivity contribution is -0.133. The van der Waals surface area contributed by atoms with E-state index in [-0.39, 0.29) is 17.1 Å². The summed E-state index contributed by atoms with van der Waals surface area (Å²) in [5.74, 6) is 0.300. The summed E-state index contributed by atoms with van der Waals surface area (Å²) in [6.07, 6.45) is 2.37. The van der Waals surface area contributed by atoms with Crippen LogP contribution in [0.1, 0.15) is 67.7 Å². The second kappa shape index (κ2) is 5.81. The molecule has 0 aliphatic heterocycles. The lowest BCUT2D eigenvalue weighted by Gasteiger charge is -2.29. The van der Waals surface area contributed by atoms with E-state index in [2.05, 4.69) is 27.7 Å². The van der Waals surface area contributed by atoms with Crippen molar-refractivity contribution in [3.05, 3.63) is 0 Å². The molecule has 0 saturated carbocycles. The molecule has 1 atom stereocenters. The maximum atomic E-state index is 12.0. The zero-order valence-electron chi connectivity index (χ0n) is 12.0. The predicted molar refractivity (Wildman–Crippen MR) is 68.6 cm³/mol. The monoisotopic (exact) mass is 228 g/mol. The van der Waals surface area contributed by atoms with E-state index < -0.39 is 0 Å². The topological polar surface area (TPSA) is 26.3 Å². The van der Waals surface area contributed by atoms with Gasteiger partial charge in [-0.15, -0.1) is 0 Å². The smallest absolute Gasteiger partial charge is 0.141 e. The van der Waals surface area contributed by atoms with Gasteiger partial charge in [-0.1, -0.05) is 27.7 Å². The van der Waals surface area contributed by atoms with Gasteiger partial charge in [0.25, 0.3) is 0 Å². The molecule has 0 aromatic heterocycles. The molecule has 0 fully saturated rings. The Morgan fingerprint density at radius 3 is 2.00 bits per heavy atom. The first kappa shape index (κ1) is 15.6. The normalized spacial score (nSPS) is 14.9. The molecule has 0 aromatic rings. The van der Waals surface area contributed by atoms with Gasteiger partial charge < -0.3 is 4.74 Å². The highest BCUT2D eigenvalue weighted by atomic mass is 16.5. The molecule has 0 radical (unpaired) electrons. The van der Waals surface area contributed by atoms with Crippen LogP contribution < -0.4 is 0 Å². The Morgan fingerprint density at radius 1 is 1.12 bits per heavy atom. The van der Waals surface area contributed by atoms with Gasteiger partial charge in [0.15, 0.2) is 0 Å². The number of carbonyl (C=O) groups is 1. The molecule has 0 saturated heterocycles. The Kier molecular flexibility index (Phi) is 5.67. The number of rotatable bonds is 7. The molecule has 0 rings (SSSR count). The lowest BCUT2D eigenvalue weighted by Crippen LogP contribution is -2.33. The number of Topliss-reactive ketones (excluding diaryl/α,β-unsaturated/α-hetero) is 1. The summed E-state index contributed by atoms with van der Waals surface area (Å²) in [7, 11) is 0. The second-order valence-electron chi connectivity index (χ2n) is 5.91. The first-order chi connectivity index (χ1) is 7.14. The van der Waals surface area contributed by atoms with Crippen LogP contribution in [0.2, 0.25) is 0 Å². The summed E-state index contributed by atoms with van der Waals surface area (Å²) in [6.45, 7) is 14.3. The molecule has 96 valence electrons. The van der Waals surface area contributed by atoms with Gasteiger partial charge in [-0.3, -0.25) is 4.79 Å². The molecule has 0 bridgehead atoms. The van der Waals surface area contributed by atoms with Crippen molar-refractivity contribution in [2.45, 2.75) is 79.4 Å². The molecule has 0 aliphatic carbocycles. The average Bonchev–Trinajstić information content (AvgIpc) is 2.16. The van der Waals surface area contributed by atoms with Crippen LogP contribution in [-0.4, -0.2) is 17.5 Å². The number of ether oxygens (including phenoxy) is 1. The Morgan fingerprint density at radius 2 is 1.62 bits per heavy atom. The van der Waals surface area contributed by atoms with Gasteiger partial charge in [0.05, 0.1) is 11.7 Å². The van der Waals surface area contributed by atoms with Crippen molar-refractivity contribution in [3.8, 4) is 0 Å². The van der Waals surface area contributed by atoms with Gasteiger partial charge in [0, 0.05) is 11.8 Å². The van der Waals surface area contributed by atoms with Crippen LogP contribution in [0.5, 0.6) is 0 Å². The van der Waals surface area contributed by atoms with Gasteiger partial charge in [-0.05, 0) is 33.6 Å². The van der Waals surface area contributed by atoms with Crippen molar-refractivity contribution in [2.24, 2.45) is 5.41 Å². The van der Waals surface area contributed by atoms with Gasteiger partial charge in [0.1, 0.15) is 5.78 Å². The molecule has 0 spiro atoms. The van der Waals surface area contributed by atoms with Gasteiger partial charge in [-0.2, -0.15) is 0 Å². The van der Waals surface area contributed by atoms with Gasteiger partial charge in [-0.25, -0.2) is 0 Å². The zero-order chi connectivity index (χ0) is 13.0. The van der Waals surface area contributed by atoms with E-state index in [1.54, 1.807) is 0 Å². The van der Waals surface area contributed by atoms with Crippen LogP contribution in [0.4, 0.5) is 0 Å². The van der Waals surface area contributed by atoms with E-state index in [0.717, 1.165) is 12.8 Å². The summed E-state index contributed by atoms with van der Waals surface area (Å²) in [4.78, 5) is 12.0. The fourth-order valence-corrected chi connectivity index (χ4v) is 1.40. The van der Waals surface area contributed by atoms with Crippen molar-refractivity contribution >= 4 is 5.78 Å². The van der Waals surface area contributed by atoms with Crippen molar-refractivity contribution in [3.63, 3.8) is 0 Å². The van der Waals surface area contributed by atoms with Crippen LogP contribution in [0.15, 0.2) is 0 Å². The van der Waals surface area contributed by atoms with E-state index in [0.29, 0.717) is 12.2 Å². The Balaban J connectivity index is 4.26. The molecular formula is C14H28O2. The standard InChI is InChI=1S/C14H28O2/c1-8-13(4,5)12(15)10-11(3)16-14(6,7)9-2/h11H,8-10H2,1-7H3. The summed E-state index contributed by atoms with van der Waals surface area (Å²) in [5, 5.41) is 0. The highest BCUT2D eigenvalue weighted by molar-refractivity contribution is 5.84. The summed E-state index contributed by atoms with van der Waals surface area (Å²) in [6, 6.07) is 0. The molecule has 0 N–H and O–H groups in total. The maximum Gasteiger partial charge on any atom is 0.141 e. The SMILES string of the molecule is CCC(C)(C)OC(C)CC(=O)C(C)(C)CC. The molecular weight excluding hydrogens is 200 g/mol. The van der Waals surface area contributed by atoms with E-state index in [4.69, 9.17) is 4.74 Å². The Labute approximate surface area is 101 Å². The molecule has 0 amide bonds. The average molecular weight is 228 g/mol. The second-order valence-corrected chi connectivity index (χ2v) is 5.91. The Bertz CT molecular complexity index is 229. The summed E-state index contributed by atoms with van der Waals surface area (Å²) in [5.41, 5.74) is -0.343. The summed E-state index contributed by atoms with van der Waals surface area (Å²) >= 11 is 0. The van der Waals surface area contributed by atoms with Gasteiger partial charge >= 0.3 is 0 Å². The van der Waals surface area contributed by atoms with E-state index in [9.17, 15) is 4.79 Å². The molecule has 2 heteroatoms. The van der Waals surface area contributed by atoms with E-state index in [1.807, 2.05) is 20.8 Å². The van der Waals surface area contributed by atoms with Crippen molar-refractivity contribution in [1.82, 2.24) is 0 Å². The molecule has 16 heavy (non-hydrogen) atoms. The number of ketones is 1. The minimum absolute atomic E-state index is 0.00766. The zero-order valence-corrected chi connectivity index (χ0v) is 12.0. The van der Waals surface area contributed by atoms with Crippen LogP contribution >= 0.6 is 0 Å². The first-order valence-electron chi connectivity index (χ1n) is 6.35. The predicted octanol–water partition coefficient (Wildman–Crippen LogP) is 3.98. The molecule has 0 aliphatic rings. The third kappa shape index (κ3) is 5.11. The maximum absolute atomic E-state index is 12.0. The lowest BCUT2D eigenvalue weighted by atomic mass is 9.83. The molecule has 0 heterocycles. The van der Waals surface area contributed by atoms with Crippen molar-refractivity contribution < 1.29 is 9.53 Å². The van der Waals surface area contributed by atoms with Crippen LogP contribution in [0.25, 0.3) is 0 Å². The highest BCUT2D eigenvalue weighted by Crippen LogP contribution is 2.25. The largest absolute Gasteiger partial charge is 0.372 e. The van der Waals surface area contributed by atoms with E-state index >= 15 is 0 Å². The minimum Gasteiger partial charge on any atom is -0.372 e. The number of hydrogen-bond donors (Lipinski definition) is 0. The molecule has 2 nitrogen and oxygen atoms in total. The molecule has 1 unspecified atom stereocenters. The number of carbonyl (C=O) groups excluding carboxylic acids is 1. The first-order valence-corrected chi connectivity index (χ1v) is 6.35. The number of hydrogen-bond acceptors (Lipinski definition) is 2. The Hall–Kier alpha value is -0.370. The van der Waals surface area contributed by atoms with Crippen molar-refractivity contribution in [1.29, 1.82) is 0 Å². The fraction of sp³-hybridized carbons (Fsp3) is 0.929. The van der Waals surface area contributed by atoms with E-state index in [1.165, 1.54) is 0 Å². The van der Waals surface area contributed by atoms with Crippen LogP contribution in [-0.2, 0) is 9.53 Å². The van der Waals surface area contributed by atoms with Gasteiger partial charge in [0.2, 0.25) is 0 Å². The minimum atomic E-state index is -0.214. The van der Waals surface area contributed by atoms with Crippen LogP contribution in [0.3, 0.4) is 0 Å². The van der Waals surface area contributed by atoms with Crippen LogP contribution in [0, 0.1) is 5.41 Å². The summed E-state index contributed by atoms with van der Waals surface area (Å²) < 4.78 is 5.88. The highest BCUT2D eigenvalue weighted by Gasteiger charge is 2.28.